The van der Waals surface area contributed by atoms with Crippen LogP contribution in [-0.4, -0.2) is 28.0 Å². The molecule has 1 aromatic rings. The number of thiol groups is 1. The SMILES string of the molecule is OCC(O)C(O)c1cccc(CS)c1. The molecule has 0 aromatic heterocycles. The van der Waals surface area contributed by atoms with Gasteiger partial charge in [0.25, 0.3) is 0 Å². The van der Waals surface area contributed by atoms with Gasteiger partial charge in [0.2, 0.25) is 0 Å². The number of aliphatic hydroxyl groups is 3. The zero-order valence-corrected chi connectivity index (χ0v) is 8.56. The highest BCUT2D eigenvalue weighted by Crippen LogP contribution is 2.18. The predicted molar refractivity (Wildman–Crippen MR) is 57.2 cm³/mol. The summed E-state index contributed by atoms with van der Waals surface area (Å²) in [6.07, 6.45) is -2.18. The van der Waals surface area contributed by atoms with E-state index in [1.165, 1.54) is 0 Å². The number of rotatable bonds is 4. The van der Waals surface area contributed by atoms with E-state index >= 15 is 0 Å². The highest BCUT2D eigenvalue weighted by atomic mass is 32.1. The van der Waals surface area contributed by atoms with Crippen molar-refractivity contribution in [1.82, 2.24) is 0 Å². The van der Waals surface area contributed by atoms with Crippen LogP contribution in [0.3, 0.4) is 0 Å². The van der Waals surface area contributed by atoms with Crippen molar-refractivity contribution in [3.05, 3.63) is 35.4 Å². The fourth-order valence-electron chi connectivity index (χ4n) is 1.20. The van der Waals surface area contributed by atoms with Gasteiger partial charge in [-0.25, -0.2) is 0 Å². The van der Waals surface area contributed by atoms with Gasteiger partial charge < -0.3 is 15.3 Å². The van der Waals surface area contributed by atoms with Gasteiger partial charge in [0, 0.05) is 5.75 Å². The fraction of sp³-hybridized carbons (Fsp3) is 0.400. The maximum absolute atomic E-state index is 9.57. The van der Waals surface area contributed by atoms with Crippen molar-refractivity contribution in [3.8, 4) is 0 Å². The number of benzene rings is 1. The molecule has 3 nitrogen and oxygen atoms in total. The highest BCUT2D eigenvalue weighted by molar-refractivity contribution is 7.79. The van der Waals surface area contributed by atoms with E-state index in [1.54, 1.807) is 18.2 Å². The summed E-state index contributed by atoms with van der Waals surface area (Å²) < 4.78 is 0. The lowest BCUT2D eigenvalue weighted by Crippen LogP contribution is -2.22. The Morgan fingerprint density at radius 1 is 1.29 bits per heavy atom. The van der Waals surface area contributed by atoms with Gasteiger partial charge in [-0.2, -0.15) is 12.6 Å². The summed E-state index contributed by atoms with van der Waals surface area (Å²) >= 11 is 4.11. The van der Waals surface area contributed by atoms with Crippen LogP contribution in [0, 0.1) is 0 Å². The standard InChI is InChI=1S/C10H14O3S/c11-5-9(12)10(13)8-3-1-2-7(4-8)6-14/h1-4,9-14H,5-6H2. The molecule has 0 aliphatic heterocycles. The maximum atomic E-state index is 9.57. The third kappa shape index (κ3) is 2.72. The van der Waals surface area contributed by atoms with Crippen LogP contribution in [0.5, 0.6) is 0 Å². The van der Waals surface area contributed by atoms with E-state index in [1.807, 2.05) is 6.07 Å². The summed E-state index contributed by atoms with van der Waals surface area (Å²) in [5.41, 5.74) is 1.56. The lowest BCUT2D eigenvalue weighted by molar-refractivity contribution is -0.0152. The first-order valence-electron chi connectivity index (χ1n) is 4.35. The third-order valence-electron chi connectivity index (χ3n) is 2.03. The summed E-state index contributed by atoms with van der Waals surface area (Å²) in [6, 6.07) is 7.13. The van der Waals surface area contributed by atoms with Gasteiger partial charge in [-0.15, -0.1) is 0 Å². The predicted octanol–water partition coefficient (Wildman–Crippen LogP) is 0.503. The summed E-state index contributed by atoms with van der Waals surface area (Å²) in [4.78, 5) is 0. The molecule has 2 unspecified atom stereocenters. The molecule has 2 atom stereocenters. The minimum absolute atomic E-state index is 0.452. The van der Waals surface area contributed by atoms with Gasteiger partial charge in [0.05, 0.1) is 6.61 Å². The van der Waals surface area contributed by atoms with Crippen LogP contribution in [0.25, 0.3) is 0 Å². The molecule has 1 aromatic carbocycles. The molecule has 78 valence electrons. The van der Waals surface area contributed by atoms with Crippen LogP contribution in [-0.2, 0) is 5.75 Å². The summed E-state index contributed by atoms with van der Waals surface area (Å²) in [5, 5.41) is 27.5. The van der Waals surface area contributed by atoms with Crippen LogP contribution in [0.4, 0.5) is 0 Å². The molecule has 0 spiro atoms. The lowest BCUT2D eigenvalue weighted by atomic mass is 10.0. The molecule has 0 saturated heterocycles. The van der Waals surface area contributed by atoms with Crippen LogP contribution in [0.1, 0.15) is 17.2 Å². The molecule has 0 amide bonds. The van der Waals surface area contributed by atoms with E-state index in [0.717, 1.165) is 5.56 Å². The molecule has 0 heterocycles. The summed E-state index contributed by atoms with van der Waals surface area (Å²) in [5.74, 6) is 0.579. The average molecular weight is 214 g/mol. The second-order valence-electron chi connectivity index (χ2n) is 3.10. The highest BCUT2D eigenvalue weighted by Gasteiger charge is 2.17. The van der Waals surface area contributed by atoms with Crippen molar-refractivity contribution in [2.24, 2.45) is 0 Å². The number of hydrogen-bond acceptors (Lipinski definition) is 4. The molecule has 0 bridgehead atoms. The minimum atomic E-state index is -1.13. The van der Waals surface area contributed by atoms with Crippen LogP contribution >= 0.6 is 12.6 Å². The van der Waals surface area contributed by atoms with E-state index in [0.29, 0.717) is 11.3 Å². The first-order chi connectivity index (χ1) is 6.69. The van der Waals surface area contributed by atoms with Gasteiger partial charge in [0.15, 0.2) is 0 Å². The molecule has 0 fully saturated rings. The van der Waals surface area contributed by atoms with Gasteiger partial charge in [0.1, 0.15) is 12.2 Å². The number of aliphatic hydroxyl groups excluding tert-OH is 3. The molecule has 4 heteroatoms. The Labute approximate surface area is 88.4 Å². The Morgan fingerprint density at radius 2 is 2.00 bits per heavy atom. The zero-order chi connectivity index (χ0) is 10.6. The first kappa shape index (κ1) is 11.5. The van der Waals surface area contributed by atoms with Crippen LogP contribution in [0.2, 0.25) is 0 Å². The monoisotopic (exact) mass is 214 g/mol. The van der Waals surface area contributed by atoms with Crippen LogP contribution in [0.15, 0.2) is 24.3 Å². The van der Waals surface area contributed by atoms with E-state index in [4.69, 9.17) is 5.11 Å². The largest absolute Gasteiger partial charge is 0.394 e. The Morgan fingerprint density at radius 3 is 2.57 bits per heavy atom. The smallest absolute Gasteiger partial charge is 0.107 e. The van der Waals surface area contributed by atoms with E-state index in [2.05, 4.69) is 12.6 Å². The molecule has 0 aliphatic rings. The molecule has 14 heavy (non-hydrogen) atoms. The molecular formula is C10H14O3S. The fourth-order valence-corrected chi connectivity index (χ4v) is 1.39. The summed E-state index contributed by atoms with van der Waals surface area (Å²) in [7, 11) is 0. The van der Waals surface area contributed by atoms with E-state index in [9.17, 15) is 10.2 Å². The van der Waals surface area contributed by atoms with Gasteiger partial charge in [-0.3, -0.25) is 0 Å². The van der Waals surface area contributed by atoms with E-state index in [-0.39, 0.29) is 0 Å². The Kier molecular flexibility index (Phi) is 4.41. The normalized spacial score (nSPS) is 15.1. The topological polar surface area (TPSA) is 60.7 Å². The van der Waals surface area contributed by atoms with Crippen molar-refractivity contribution in [3.63, 3.8) is 0 Å². The van der Waals surface area contributed by atoms with Crippen molar-refractivity contribution in [2.75, 3.05) is 6.61 Å². The minimum Gasteiger partial charge on any atom is -0.394 e. The summed E-state index contributed by atoms with van der Waals surface area (Å²) in [6.45, 7) is -0.452. The average Bonchev–Trinajstić information content (AvgIpc) is 2.27. The Bertz CT molecular complexity index is 290. The van der Waals surface area contributed by atoms with E-state index < -0.39 is 18.8 Å². The molecule has 3 N–H and O–H groups in total. The first-order valence-corrected chi connectivity index (χ1v) is 4.99. The molecule has 0 aliphatic carbocycles. The molecule has 0 radical (unpaired) electrons. The quantitative estimate of drug-likeness (QED) is 0.552. The van der Waals surface area contributed by atoms with Gasteiger partial charge >= 0.3 is 0 Å². The number of hydrogen-bond donors (Lipinski definition) is 4. The van der Waals surface area contributed by atoms with Crippen molar-refractivity contribution >= 4 is 12.6 Å². The molecule has 1 rings (SSSR count). The molecular weight excluding hydrogens is 200 g/mol. The second kappa shape index (κ2) is 5.36. The van der Waals surface area contributed by atoms with Gasteiger partial charge in [-0.05, 0) is 11.1 Å². The zero-order valence-electron chi connectivity index (χ0n) is 7.67. The van der Waals surface area contributed by atoms with Crippen molar-refractivity contribution < 1.29 is 15.3 Å². The lowest BCUT2D eigenvalue weighted by Gasteiger charge is -2.16. The van der Waals surface area contributed by atoms with Crippen molar-refractivity contribution in [2.45, 2.75) is 18.0 Å². The molecule has 0 saturated carbocycles. The van der Waals surface area contributed by atoms with Gasteiger partial charge in [-0.1, -0.05) is 24.3 Å². The Balaban J connectivity index is 2.83. The van der Waals surface area contributed by atoms with Crippen molar-refractivity contribution in [1.29, 1.82) is 0 Å². The van der Waals surface area contributed by atoms with Crippen LogP contribution < -0.4 is 0 Å². The maximum Gasteiger partial charge on any atom is 0.107 e. The second-order valence-corrected chi connectivity index (χ2v) is 3.41. The Hall–Kier alpha value is -0.550. The third-order valence-corrected chi connectivity index (χ3v) is 2.39.